The molecule has 1 saturated heterocycles. The fourth-order valence-electron chi connectivity index (χ4n) is 2.29. The maximum atomic E-state index is 12.0. The van der Waals surface area contributed by atoms with Crippen molar-refractivity contribution in [3.8, 4) is 0 Å². The standard InChI is InChI=1S/C12H20N2O4/c1-12(2)5-8(12)6-13-11(17)14-3-4-18-7-9(14)10(15)16/h8-9H,3-7H2,1-2H3,(H,13,17)(H,15,16). The van der Waals surface area contributed by atoms with Gasteiger partial charge in [0.15, 0.2) is 6.04 Å². The number of carboxylic acids is 1. The van der Waals surface area contributed by atoms with E-state index in [2.05, 4.69) is 19.2 Å². The van der Waals surface area contributed by atoms with E-state index in [0.717, 1.165) is 6.42 Å². The first-order valence-corrected chi connectivity index (χ1v) is 6.27. The first-order chi connectivity index (χ1) is 8.42. The predicted octanol–water partition coefficient (Wildman–Crippen LogP) is 0.527. The molecule has 1 aliphatic carbocycles. The third-order valence-electron chi connectivity index (χ3n) is 3.89. The number of urea groups is 1. The van der Waals surface area contributed by atoms with Crippen LogP contribution < -0.4 is 5.32 Å². The van der Waals surface area contributed by atoms with Gasteiger partial charge in [0.05, 0.1) is 13.2 Å². The molecule has 0 spiro atoms. The van der Waals surface area contributed by atoms with Crippen LogP contribution in [0.3, 0.4) is 0 Å². The maximum absolute atomic E-state index is 12.0. The zero-order chi connectivity index (χ0) is 13.3. The normalized spacial score (nSPS) is 29.8. The maximum Gasteiger partial charge on any atom is 0.328 e. The molecule has 0 aromatic heterocycles. The van der Waals surface area contributed by atoms with Crippen molar-refractivity contribution in [3.05, 3.63) is 0 Å². The number of carbonyl (C=O) groups is 2. The molecule has 2 unspecified atom stereocenters. The molecule has 1 aliphatic heterocycles. The van der Waals surface area contributed by atoms with Gasteiger partial charge in [-0.3, -0.25) is 0 Å². The summed E-state index contributed by atoms with van der Waals surface area (Å²) in [6.45, 7) is 5.74. The number of carbonyl (C=O) groups excluding carboxylic acids is 1. The second kappa shape index (κ2) is 4.76. The largest absolute Gasteiger partial charge is 0.480 e. The number of nitrogens with one attached hydrogen (secondary N) is 1. The Hall–Kier alpha value is -1.30. The van der Waals surface area contributed by atoms with Crippen LogP contribution in [0.5, 0.6) is 0 Å². The van der Waals surface area contributed by atoms with Gasteiger partial charge in [0, 0.05) is 13.1 Å². The minimum atomic E-state index is -1.02. The highest BCUT2D eigenvalue weighted by atomic mass is 16.5. The molecule has 2 aliphatic rings. The van der Waals surface area contributed by atoms with Gasteiger partial charge in [-0.15, -0.1) is 0 Å². The molecular formula is C12H20N2O4. The van der Waals surface area contributed by atoms with E-state index >= 15 is 0 Å². The van der Waals surface area contributed by atoms with Gasteiger partial charge < -0.3 is 20.1 Å². The van der Waals surface area contributed by atoms with E-state index in [0.29, 0.717) is 31.0 Å². The van der Waals surface area contributed by atoms with Crippen LogP contribution in [0.4, 0.5) is 4.79 Å². The first kappa shape index (κ1) is 13.1. The van der Waals surface area contributed by atoms with Crippen molar-refractivity contribution >= 4 is 12.0 Å². The number of aliphatic carboxylic acids is 1. The summed E-state index contributed by atoms with van der Waals surface area (Å²) in [6.07, 6.45) is 1.11. The Balaban J connectivity index is 1.85. The van der Waals surface area contributed by atoms with E-state index in [1.807, 2.05) is 0 Å². The van der Waals surface area contributed by atoms with Gasteiger partial charge in [-0.05, 0) is 17.8 Å². The fraction of sp³-hybridized carbons (Fsp3) is 0.833. The topological polar surface area (TPSA) is 78.9 Å². The molecule has 6 heteroatoms. The van der Waals surface area contributed by atoms with E-state index in [-0.39, 0.29) is 12.6 Å². The smallest absolute Gasteiger partial charge is 0.328 e. The number of amides is 2. The summed E-state index contributed by atoms with van der Waals surface area (Å²) in [4.78, 5) is 24.3. The zero-order valence-corrected chi connectivity index (χ0v) is 10.8. The molecule has 2 amide bonds. The molecule has 0 aromatic carbocycles. The molecular weight excluding hydrogens is 236 g/mol. The second-order valence-electron chi connectivity index (χ2n) is 5.70. The highest BCUT2D eigenvalue weighted by molar-refractivity contribution is 5.83. The molecule has 2 N–H and O–H groups in total. The molecule has 2 rings (SSSR count). The average Bonchev–Trinajstić information content (AvgIpc) is 2.94. The minimum absolute atomic E-state index is 0.0671. The fourth-order valence-corrected chi connectivity index (χ4v) is 2.29. The summed E-state index contributed by atoms with van der Waals surface area (Å²) in [7, 11) is 0. The summed E-state index contributed by atoms with van der Waals surface area (Å²) in [5, 5.41) is 11.9. The van der Waals surface area contributed by atoms with Crippen molar-refractivity contribution in [1.82, 2.24) is 10.2 Å². The lowest BCUT2D eigenvalue weighted by molar-refractivity contribution is -0.147. The Morgan fingerprint density at radius 2 is 2.17 bits per heavy atom. The zero-order valence-electron chi connectivity index (χ0n) is 10.8. The lowest BCUT2D eigenvalue weighted by atomic mass is 10.1. The van der Waals surface area contributed by atoms with Crippen molar-refractivity contribution < 1.29 is 19.4 Å². The van der Waals surface area contributed by atoms with E-state index in [9.17, 15) is 9.59 Å². The minimum Gasteiger partial charge on any atom is -0.480 e. The van der Waals surface area contributed by atoms with Crippen molar-refractivity contribution in [1.29, 1.82) is 0 Å². The van der Waals surface area contributed by atoms with Crippen LogP contribution in [-0.2, 0) is 9.53 Å². The Kier molecular flexibility index (Phi) is 3.47. The van der Waals surface area contributed by atoms with Crippen molar-refractivity contribution in [2.24, 2.45) is 11.3 Å². The highest BCUT2D eigenvalue weighted by Crippen LogP contribution is 2.50. The first-order valence-electron chi connectivity index (χ1n) is 6.27. The average molecular weight is 256 g/mol. The van der Waals surface area contributed by atoms with E-state index < -0.39 is 12.0 Å². The van der Waals surface area contributed by atoms with E-state index in [4.69, 9.17) is 9.84 Å². The summed E-state index contributed by atoms with van der Waals surface area (Å²) < 4.78 is 5.09. The number of nitrogens with zero attached hydrogens (tertiary/aromatic N) is 1. The summed E-state index contributed by atoms with van der Waals surface area (Å²) >= 11 is 0. The van der Waals surface area contributed by atoms with Crippen molar-refractivity contribution in [3.63, 3.8) is 0 Å². The van der Waals surface area contributed by atoms with Crippen molar-refractivity contribution in [2.75, 3.05) is 26.3 Å². The second-order valence-corrected chi connectivity index (χ2v) is 5.70. The Labute approximate surface area is 106 Å². The molecule has 1 saturated carbocycles. The molecule has 18 heavy (non-hydrogen) atoms. The third kappa shape index (κ3) is 2.75. The number of hydrogen-bond acceptors (Lipinski definition) is 3. The van der Waals surface area contributed by atoms with Gasteiger partial charge >= 0.3 is 12.0 Å². The molecule has 1 heterocycles. The van der Waals surface area contributed by atoms with Crippen LogP contribution in [0.25, 0.3) is 0 Å². The third-order valence-corrected chi connectivity index (χ3v) is 3.89. The van der Waals surface area contributed by atoms with Crippen LogP contribution in [0.1, 0.15) is 20.3 Å². The Morgan fingerprint density at radius 3 is 2.72 bits per heavy atom. The number of carboxylic acid groups (broad SMARTS) is 1. The Bertz CT molecular complexity index is 356. The number of morpholine rings is 1. The lowest BCUT2D eigenvalue weighted by Gasteiger charge is -2.32. The highest BCUT2D eigenvalue weighted by Gasteiger charge is 2.45. The molecule has 6 nitrogen and oxygen atoms in total. The van der Waals surface area contributed by atoms with Gasteiger partial charge in [0.2, 0.25) is 0 Å². The van der Waals surface area contributed by atoms with E-state index in [1.54, 1.807) is 0 Å². The van der Waals surface area contributed by atoms with E-state index in [1.165, 1.54) is 4.90 Å². The van der Waals surface area contributed by atoms with Crippen LogP contribution in [0.15, 0.2) is 0 Å². The van der Waals surface area contributed by atoms with Crippen LogP contribution in [0.2, 0.25) is 0 Å². The van der Waals surface area contributed by atoms with Gasteiger partial charge in [-0.2, -0.15) is 0 Å². The van der Waals surface area contributed by atoms with Gasteiger partial charge in [-0.1, -0.05) is 13.8 Å². The van der Waals surface area contributed by atoms with Crippen LogP contribution in [-0.4, -0.2) is 54.4 Å². The molecule has 0 bridgehead atoms. The lowest BCUT2D eigenvalue weighted by Crippen LogP contribution is -2.55. The molecule has 2 fully saturated rings. The molecule has 2 atom stereocenters. The predicted molar refractivity (Wildman–Crippen MR) is 64.2 cm³/mol. The number of ether oxygens (including phenoxy) is 1. The monoisotopic (exact) mass is 256 g/mol. The van der Waals surface area contributed by atoms with Crippen molar-refractivity contribution in [2.45, 2.75) is 26.3 Å². The summed E-state index contributed by atoms with van der Waals surface area (Å²) in [5.74, 6) is -0.512. The molecule has 102 valence electrons. The SMILES string of the molecule is CC1(C)CC1CNC(=O)N1CCOCC1C(=O)O. The summed E-state index contributed by atoms with van der Waals surface area (Å²) in [6, 6.07) is -1.17. The number of rotatable bonds is 3. The quantitative estimate of drug-likeness (QED) is 0.772. The van der Waals surface area contributed by atoms with Crippen LogP contribution >= 0.6 is 0 Å². The summed E-state index contributed by atoms with van der Waals surface area (Å²) in [5.41, 5.74) is 0.310. The Morgan fingerprint density at radius 1 is 1.50 bits per heavy atom. The molecule has 0 aromatic rings. The van der Waals surface area contributed by atoms with Gasteiger partial charge in [0.1, 0.15) is 0 Å². The van der Waals surface area contributed by atoms with Crippen LogP contribution in [0, 0.1) is 11.3 Å². The molecule has 0 radical (unpaired) electrons. The van der Waals surface area contributed by atoms with Gasteiger partial charge in [0.25, 0.3) is 0 Å². The number of hydrogen-bond donors (Lipinski definition) is 2. The van der Waals surface area contributed by atoms with Gasteiger partial charge in [-0.25, -0.2) is 9.59 Å².